The Bertz CT molecular complexity index is 187. The van der Waals surface area contributed by atoms with Gasteiger partial charge in [-0.05, 0) is 26.2 Å². The molecule has 1 heteroatoms. The summed E-state index contributed by atoms with van der Waals surface area (Å²) in [6.07, 6.45) is 4.22. The molecule has 0 aromatic rings. The molecular weight excluding hydrogens is 151 g/mol. The third kappa shape index (κ3) is 4.27. The van der Waals surface area contributed by atoms with Crippen molar-refractivity contribution >= 4 is 13.3 Å². The van der Waals surface area contributed by atoms with Gasteiger partial charge in [-0.25, -0.2) is 0 Å². The van der Waals surface area contributed by atoms with Gasteiger partial charge in [0.2, 0.25) is 0 Å². The minimum absolute atomic E-state index is 0.261. The van der Waals surface area contributed by atoms with Crippen LogP contribution in [-0.4, -0.2) is 18.1 Å². The fourth-order valence-corrected chi connectivity index (χ4v) is 1.91. The monoisotopic (exact) mass is 170 g/mol. The van der Waals surface area contributed by atoms with Gasteiger partial charge in [0, 0.05) is 0 Å². The first-order chi connectivity index (χ1) is 5.11. The third-order valence-corrected chi connectivity index (χ3v) is 4.52. The van der Waals surface area contributed by atoms with Gasteiger partial charge in [-0.2, -0.15) is 0 Å². The standard InChI is InChI=1S/C10H19P/c1-6-9(3)8-10(4)11(5)7-2/h6-8,10-11H,1H2,2-5H3/b9-8+. The Morgan fingerprint density at radius 2 is 2.09 bits per heavy atom. The Morgan fingerprint density at radius 3 is 2.45 bits per heavy atom. The van der Waals surface area contributed by atoms with E-state index in [2.05, 4.69) is 45.9 Å². The van der Waals surface area contributed by atoms with Crippen LogP contribution in [0.5, 0.6) is 0 Å². The molecule has 0 saturated carbocycles. The molecule has 0 saturated heterocycles. The van der Waals surface area contributed by atoms with Gasteiger partial charge < -0.3 is 0 Å². The van der Waals surface area contributed by atoms with E-state index < -0.39 is 0 Å². The van der Waals surface area contributed by atoms with Crippen molar-refractivity contribution in [1.29, 1.82) is 0 Å². The summed E-state index contributed by atoms with van der Waals surface area (Å²) in [4.78, 5) is 0. The lowest BCUT2D eigenvalue weighted by Gasteiger charge is -2.07. The SMILES string of the molecule is C=C/C(C)=C/C(C)/[PH](C)=C\C. The molecule has 11 heavy (non-hydrogen) atoms. The second-order valence-electron chi connectivity index (χ2n) is 2.94. The van der Waals surface area contributed by atoms with Crippen LogP contribution in [0.1, 0.15) is 20.8 Å². The van der Waals surface area contributed by atoms with Crippen molar-refractivity contribution in [2.75, 3.05) is 6.66 Å². The third-order valence-electron chi connectivity index (χ3n) is 2.01. The van der Waals surface area contributed by atoms with Crippen molar-refractivity contribution in [3.05, 3.63) is 24.3 Å². The highest BCUT2D eigenvalue weighted by atomic mass is 31.1. The van der Waals surface area contributed by atoms with E-state index in [-0.39, 0.29) is 7.55 Å². The molecule has 0 aliphatic rings. The summed E-state index contributed by atoms with van der Waals surface area (Å²) in [6.45, 7) is 12.6. The van der Waals surface area contributed by atoms with Gasteiger partial charge in [0.05, 0.1) is 0 Å². The second-order valence-corrected chi connectivity index (χ2v) is 5.91. The Morgan fingerprint density at radius 1 is 1.55 bits per heavy atom. The Hall–Kier alpha value is -0.220. The summed E-state index contributed by atoms with van der Waals surface area (Å²) >= 11 is 0. The summed E-state index contributed by atoms with van der Waals surface area (Å²) in [5.74, 6) is 2.34. The zero-order chi connectivity index (χ0) is 8.85. The van der Waals surface area contributed by atoms with E-state index in [1.807, 2.05) is 6.08 Å². The predicted octanol–water partition coefficient (Wildman–Crippen LogP) is 3.17. The number of hydrogen-bond donors (Lipinski definition) is 0. The van der Waals surface area contributed by atoms with E-state index in [4.69, 9.17) is 0 Å². The van der Waals surface area contributed by atoms with E-state index in [0.717, 1.165) is 5.66 Å². The maximum atomic E-state index is 3.73. The maximum Gasteiger partial charge on any atom is -0.00844 e. The van der Waals surface area contributed by atoms with E-state index in [0.29, 0.717) is 0 Å². The molecular formula is C10H19P. The lowest BCUT2D eigenvalue weighted by atomic mass is 10.2. The fraction of sp³-hybridized carbons (Fsp3) is 0.500. The number of rotatable bonds is 3. The van der Waals surface area contributed by atoms with Gasteiger partial charge >= 0.3 is 0 Å². The van der Waals surface area contributed by atoms with Crippen molar-refractivity contribution < 1.29 is 0 Å². The van der Waals surface area contributed by atoms with Crippen molar-refractivity contribution in [3.63, 3.8) is 0 Å². The van der Waals surface area contributed by atoms with Crippen LogP contribution in [-0.2, 0) is 0 Å². The van der Waals surface area contributed by atoms with Gasteiger partial charge in [0.25, 0.3) is 0 Å². The first kappa shape index (κ1) is 10.8. The summed E-state index contributed by atoms with van der Waals surface area (Å²) in [5, 5.41) is 0. The van der Waals surface area contributed by atoms with Crippen LogP contribution in [0, 0.1) is 0 Å². The van der Waals surface area contributed by atoms with Crippen LogP contribution in [0.2, 0.25) is 0 Å². The molecule has 0 radical (unpaired) electrons. The average molecular weight is 170 g/mol. The topological polar surface area (TPSA) is 0 Å². The average Bonchev–Trinajstić information content (AvgIpc) is 2.02. The van der Waals surface area contributed by atoms with Crippen LogP contribution in [0.4, 0.5) is 0 Å². The lowest BCUT2D eigenvalue weighted by Crippen LogP contribution is -1.90. The number of hydrogen-bond acceptors (Lipinski definition) is 0. The molecule has 2 unspecified atom stereocenters. The Labute approximate surface area is 71.4 Å². The smallest absolute Gasteiger partial charge is 0.00844 e. The second kappa shape index (κ2) is 5.43. The van der Waals surface area contributed by atoms with Gasteiger partial charge in [-0.3, -0.25) is 0 Å². The molecule has 0 N–H and O–H groups in total. The maximum absolute atomic E-state index is 3.73. The van der Waals surface area contributed by atoms with Crippen LogP contribution < -0.4 is 0 Å². The first-order valence-electron chi connectivity index (χ1n) is 4.05. The summed E-state index contributed by atoms with van der Waals surface area (Å²) < 4.78 is 0. The molecule has 0 heterocycles. The first-order valence-corrected chi connectivity index (χ1v) is 6.21. The molecule has 0 aromatic carbocycles. The van der Waals surface area contributed by atoms with E-state index in [1.54, 1.807) is 0 Å². The lowest BCUT2D eigenvalue weighted by molar-refractivity contribution is 1.21. The van der Waals surface area contributed by atoms with Crippen LogP contribution >= 0.6 is 7.55 Å². The van der Waals surface area contributed by atoms with Crippen LogP contribution in [0.3, 0.4) is 0 Å². The van der Waals surface area contributed by atoms with E-state index in [9.17, 15) is 0 Å². The zero-order valence-corrected chi connectivity index (χ0v) is 9.02. The summed E-state index contributed by atoms with van der Waals surface area (Å²) in [6, 6.07) is 0. The van der Waals surface area contributed by atoms with Crippen molar-refractivity contribution in [2.45, 2.75) is 26.4 Å². The van der Waals surface area contributed by atoms with Crippen molar-refractivity contribution in [3.8, 4) is 0 Å². The molecule has 64 valence electrons. The summed E-state index contributed by atoms with van der Waals surface area (Å²) in [7, 11) is -0.261. The van der Waals surface area contributed by atoms with E-state index in [1.165, 1.54) is 5.57 Å². The molecule has 2 atom stereocenters. The van der Waals surface area contributed by atoms with E-state index >= 15 is 0 Å². The van der Waals surface area contributed by atoms with Gasteiger partial charge in [-0.1, -0.05) is 37.0 Å². The van der Waals surface area contributed by atoms with Gasteiger partial charge in [0.1, 0.15) is 0 Å². The molecule has 0 aromatic heterocycles. The molecule has 0 amide bonds. The van der Waals surface area contributed by atoms with Crippen LogP contribution in [0.15, 0.2) is 24.3 Å². The van der Waals surface area contributed by atoms with Gasteiger partial charge in [-0.15, -0.1) is 7.55 Å². The molecule has 0 rings (SSSR count). The predicted molar refractivity (Wildman–Crippen MR) is 59.4 cm³/mol. The Kier molecular flexibility index (Phi) is 5.32. The highest BCUT2D eigenvalue weighted by Crippen LogP contribution is 2.25. The quantitative estimate of drug-likeness (QED) is 0.451. The minimum atomic E-state index is -0.261. The van der Waals surface area contributed by atoms with Crippen molar-refractivity contribution in [2.24, 2.45) is 0 Å². The molecule has 0 aliphatic carbocycles. The zero-order valence-electron chi connectivity index (χ0n) is 8.02. The Balaban J connectivity index is 4.27. The van der Waals surface area contributed by atoms with Crippen LogP contribution in [0.25, 0.3) is 0 Å². The molecule has 0 aliphatic heterocycles. The fourth-order valence-electron chi connectivity index (χ4n) is 0.857. The van der Waals surface area contributed by atoms with Gasteiger partial charge in [0.15, 0.2) is 0 Å². The van der Waals surface area contributed by atoms with Crippen molar-refractivity contribution in [1.82, 2.24) is 0 Å². The molecule has 0 bridgehead atoms. The highest BCUT2D eigenvalue weighted by molar-refractivity contribution is 7.57. The minimum Gasteiger partial charge on any atom is -0.118 e. The molecule has 0 spiro atoms. The highest BCUT2D eigenvalue weighted by Gasteiger charge is 1.96. The summed E-state index contributed by atoms with van der Waals surface area (Å²) in [5.41, 5.74) is 2.02. The largest absolute Gasteiger partial charge is 0.118 e. The molecule has 0 nitrogen and oxygen atoms in total. The molecule has 0 fully saturated rings. The number of allylic oxidation sites excluding steroid dienone is 3. The normalized spacial score (nSPS) is 18.0.